The smallest absolute Gasteiger partial charge is 0.222 e. The first-order valence-corrected chi connectivity index (χ1v) is 12.0. The second-order valence-corrected chi connectivity index (χ2v) is 9.46. The minimum Gasteiger partial charge on any atom is -0.378 e. The molecule has 0 aliphatic carbocycles. The lowest BCUT2D eigenvalue weighted by molar-refractivity contribution is -0.133. The van der Waals surface area contributed by atoms with E-state index in [1.54, 1.807) is 25.1 Å². The Kier molecular flexibility index (Phi) is 6.24. The van der Waals surface area contributed by atoms with E-state index in [0.29, 0.717) is 32.1 Å². The number of methoxy groups -OCH3 is 1. The fourth-order valence-corrected chi connectivity index (χ4v) is 4.68. The lowest BCUT2D eigenvalue weighted by Gasteiger charge is -2.35. The molecule has 2 aliphatic rings. The first-order chi connectivity index (χ1) is 17.3. The number of rotatable bonds is 4. The highest BCUT2D eigenvalue weighted by Gasteiger charge is 2.38. The Morgan fingerprint density at radius 3 is 2.72 bits per heavy atom. The minimum absolute atomic E-state index is 0.0715. The predicted octanol–water partition coefficient (Wildman–Crippen LogP) is 2.78. The quantitative estimate of drug-likeness (QED) is 0.569. The number of carbonyl (C=O) groups is 2. The molecule has 3 aromatic heterocycles. The molecule has 3 aromatic rings. The van der Waals surface area contributed by atoms with Crippen molar-refractivity contribution in [3.05, 3.63) is 47.4 Å². The third-order valence-corrected chi connectivity index (χ3v) is 6.78. The molecule has 186 valence electrons. The van der Waals surface area contributed by atoms with Gasteiger partial charge in [0.25, 0.3) is 0 Å². The molecule has 2 aliphatic heterocycles. The van der Waals surface area contributed by atoms with Gasteiger partial charge < -0.3 is 19.7 Å². The third kappa shape index (κ3) is 4.45. The molecule has 0 bridgehead atoms. The summed E-state index contributed by atoms with van der Waals surface area (Å²) < 4.78 is 13.5. The van der Waals surface area contributed by atoms with E-state index in [-0.39, 0.29) is 17.7 Å². The first kappa shape index (κ1) is 24.0. The van der Waals surface area contributed by atoms with Crippen LogP contribution in [0.5, 0.6) is 0 Å². The van der Waals surface area contributed by atoms with Crippen molar-refractivity contribution in [2.45, 2.75) is 32.8 Å². The number of hydrogen-bond donors (Lipinski definition) is 1. The highest BCUT2D eigenvalue weighted by atomic mass is 16.5. The summed E-state index contributed by atoms with van der Waals surface area (Å²) in [6, 6.07) is 5.88. The number of fused-ring (bicyclic) bond motifs is 1. The van der Waals surface area contributed by atoms with Crippen molar-refractivity contribution >= 4 is 28.5 Å². The minimum atomic E-state index is -0.581. The zero-order valence-electron chi connectivity index (χ0n) is 20.9. The highest BCUT2D eigenvalue weighted by Crippen LogP contribution is 2.34. The molecule has 0 unspecified atom stereocenters. The van der Waals surface area contributed by atoms with E-state index in [9.17, 15) is 9.59 Å². The van der Waals surface area contributed by atoms with Crippen LogP contribution >= 0.6 is 0 Å². The van der Waals surface area contributed by atoms with Crippen LogP contribution in [0.25, 0.3) is 16.7 Å². The maximum atomic E-state index is 11.7. The fraction of sp³-hybridized carbons (Fsp3) is 0.407. The summed E-state index contributed by atoms with van der Waals surface area (Å²) in [6.07, 6.45) is 4.41. The standard InChI is InChI=1S/C27H29N5O4/c1-17-9-24(27(35-4)7-8-36-16-27)30-26(10-17)32-15-21(6-5-20-13-31(14-20)19(3)34)22-12-28-25(11-23(22)32)29-18(2)33/h9-12,15,20H,7-8,13-14,16H2,1-4H3,(H,28,29,33)/t27-/m0/s1. The monoisotopic (exact) mass is 487 g/mol. The molecule has 2 amide bonds. The van der Waals surface area contributed by atoms with Crippen LogP contribution in [-0.2, 0) is 24.7 Å². The number of aromatic nitrogens is 3. The van der Waals surface area contributed by atoms with Crippen LogP contribution in [-0.4, -0.2) is 64.7 Å². The molecule has 5 heterocycles. The van der Waals surface area contributed by atoms with Gasteiger partial charge >= 0.3 is 0 Å². The van der Waals surface area contributed by atoms with E-state index in [1.165, 1.54) is 6.92 Å². The number of aryl methyl sites for hydroxylation is 1. The lowest BCUT2D eigenvalue weighted by Crippen LogP contribution is -2.48. The van der Waals surface area contributed by atoms with Crippen LogP contribution < -0.4 is 5.32 Å². The lowest BCUT2D eigenvalue weighted by atomic mass is 9.97. The van der Waals surface area contributed by atoms with Crippen molar-refractivity contribution < 1.29 is 19.1 Å². The Morgan fingerprint density at radius 2 is 2.06 bits per heavy atom. The van der Waals surface area contributed by atoms with E-state index in [4.69, 9.17) is 14.5 Å². The molecular formula is C27H29N5O4. The average molecular weight is 488 g/mol. The normalized spacial score (nSPS) is 19.6. The van der Waals surface area contributed by atoms with Gasteiger partial charge in [-0.2, -0.15) is 0 Å². The number of amides is 2. The molecule has 36 heavy (non-hydrogen) atoms. The summed E-state index contributed by atoms with van der Waals surface area (Å²) in [5.41, 5.74) is 2.92. The molecule has 0 saturated carbocycles. The molecule has 9 heteroatoms. The number of nitrogens with zero attached hydrogens (tertiary/aromatic N) is 4. The van der Waals surface area contributed by atoms with Gasteiger partial charge in [0.15, 0.2) is 0 Å². The Hall–Kier alpha value is -3.74. The van der Waals surface area contributed by atoms with Crippen molar-refractivity contribution in [1.82, 2.24) is 19.4 Å². The topological polar surface area (TPSA) is 98.6 Å². The van der Waals surface area contributed by atoms with Gasteiger partial charge in [-0.15, -0.1) is 0 Å². The van der Waals surface area contributed by atoms with E-state index < -0.39 is 5.60 Å². The highest BCUT2D eigenvalue weighted by molar-refractivity contribution is 5.93. The first-order valence-electron chi connectivity index (χ1n) is 12.0. The molecule has 0 aromatic carbocycles. The number of anilines is 1. The van der Waals surface area contributed by atoms with E-state index >= 15 is 0 Å². The Bertz CT molecular complexity index is 1400. The second kappa shape index (κ2) is 9.37. The molecule has 2 fully saturated rings. The van der Waals surface area contributed by atoms with Gasteiger partial charge in [0.2, 0.25) is 11.8 Å². The van der Waals surface area contributed by atoms with Crippen molar-refractivity contribution in [3.8, 4) is 17.7 Å². The zero-order valence-corrected chi connectivity index (χ0v) is 20.9. The fourth-order valence-electron chi connectivity index (χ4n) is 4.68. The van der Waals surface area contributed by atoms with E-state index in [0.717, 1.165) is 40.0 Å². The molecule has 1 N–H and O–H groups in total. The summed E-state index contributed by atoms with van der Waals surface area (Å²) in [4.78, 5) is 34.3. The average Bonchev–Trinajstić information content (AvgIpc) is 3.43. The zero-order chi connectivity index (χ0) is 25.4. The van der Waals surface area contributed by atoms with Gasteiger partial charge in [-0.05, 0) is 24.6 Å². The van der Waals surface area contributed by atoms with Crippen LogP contribution in [0.4, 0.5) is 5.82 Å². The van der Waals surface area contributed by atoms with Crippen LogP contribution in [0.3, 0.4) is 0 Å². The number of likely N-dealkylation sites (tertiary alicyclic amines) is 1. The SMILES string of the molecule is CO[C@@]1(c2cc(C)cc(-n3cc(C#CC4CN(C(C)=O)C4)c4cnc(NC(C)=O)cc43)n2)CCOC1. The van der Waals surface area contributed by atoms with Gasteiger partial charge in [-0.3, -0.25) is 14.2 Å². The Balaban J connectivity index is 1.60. The van der Waals surface area contributed by atoms with Crippen LogP contribution in [0.2, 0.25) is 0 Å². The predicted molar refractivity (Wildman–Crippen MR) is 135 cm³/mol. The molecule has 9 nitrogen and oxygen atoms in total. The Morgan fingerprint density at radius 1 is 1.25 bits per heavy atom. The van der Waals surface area contributed by atoms with Gasteiger partial charge in [0.1, 0.15) is 17.2 Å². The molecule has 1 atom stereocenters. The Labute approximate surface area is 209 Å². The maximum absolute atomic E-state index is 11.7. The third-order valence-electron chi connectivity index (χ3n) is 6.78. The molecule has 5 rings (SSSR count). The van der Waals surface area contributed by atoms with Crippen molar-refractivity contribution in [2.24, 2.45) is 5.92 Å². The van der Waals surface area contributed by atoms with Gasteiger partial charge in [-0.25, -0.2) is 9.97 Å². The summed E-state index contributed by atoms with van der Waals surface area (Å²) in [7, 11) is 1.69. The summed E-state index contributed by atoms with van der Waals surface area (Å²) in [5.74, 6) is 7.78. The number of nitrogens with one attached hydrogen (secondary N) is 1. The second-order valence-electron chi connectivity index (χ2n) is 9.46. The molecule has 0 radical (unpaired) electrons. The number of carbonyl (C=O) groups excluding carboxylic acids is 2. The molecule has 0 spiro atoms. The van der Waals surface area contributed by atoms with E-state index in [2.05, 4.69) is 22.1 Å². The van der Waals surface area contributed by atoms with Gasteiger partial charge in [0, 0.05) is 70.9 Å². The van der Waals surface area contributed by atoms with Crippen LogP contribution in [0.1, 0.15) is 37.1 Å². The van der Waals surface area contributed by atoms with Crippen molar-refractivity contribution in [3.63, 3.8) is 0 Å². The van der Waals surface area contributed by atoms with Gasteiger partial charge in [0.05, 0.1) is 29.3 Å². The molecule has 2 saturated heterocycles. The number of ether oxygens (including phenoxy) is 2. The molecular weight excluding hydrogens is 458 g/mol. The van der Waals surface area contributed by atoms with Gasteiger partial charge in [-0.1, -0.05) is 11.8 Å². The maximum Gasteiger partial charge on any atom is 0.222 e. The number of hydrogen-bond acceptors (Lipinski definition) is 6. The van der Waals surface area contributed by atoms with Crippen LogP contribution in [0, 0.1) is 24.7 Å². The van der Waals surface area contributed by atoms with Crippen molar-refractivity contribution in [2.75, 3.05) is 38.7 Å². The van der Waals surface area contributed by atoms with Crippen molar-refractivity contribution in [1.29, 1.82) is 0 Å². The summed E-state index contributed by atoms with van der Waals surface area (Å²) in [5, 5.41) is 3.61. The summed E-state index contributed by atoms with van der Waals surface area (Å²) >= 11 is 0. The van der Waals surface area contributed by atoms with Crippen LogP contribution in [0.15, 0.2) is 30.6 Å². The largest absolute Gasteiger partial charge is 0.378 e. The van der Waals surface area contributed by atoms with E-state index in [1.807, 2.05) is 35.9 Å². The number of pyridine rings is 2. The summed E-state index contributed by atoms with van der Waals surface area (Å²) in [6.45, 7) is 7.43.